The molecular weight excluding hydrogens is 454 g/mol. The zero-order valence-corrected chi connectivity index (χ0v) is 20.6. The first-order valence-corrected chi connectivity index (χ1v) is 13.1. The molecule has 2 aliphatic rings. The van der Waals surface area contributed by atoms with Gasteiger partial charge in [-0.25, -0.2) is 0 Å². The van der Waals surface area contributed by atoms with Gasteiger partial charge in [0.05, 0.1) is 17.8 Å². The third-order valence-electron chi connectivity index (χ3n) is 7.42. The van der Waals surface area contributed by atoms with E-state index in [2.05, 4.69) is 34.1 Å². The molecule has 3 aromatic carbocycles. The first-order valence-electron chi connectivity index (χ1n) is 12.7. The van der Waals surface area contributed by atoms with Crippen molar-refractivity contribution in [3.8, 4) is 17.3 Å². The predicted octanol–water partition coefficient (Wildman–Crippen LogP) is 7.12. The summed E-state index contributed by atoms with van der Waals surface area (Å²) in [5, 5.41) is 1.69. The first kappa shape index (κ1) is 22.5. The van der Waals surface area contributed by atoms with E-state index in [0.29, 0.717) is 29.5 Å². The van der Waals surface area contributed by atoms with Crippen molar-refractivity contribution in [1.82, 2.24) is 14.9 Å². The van der Waals surface area contributed by atoms with Gasteiger partial charge in [0.25, 0.3) is 0 Å². The third-order valence-corrected chi connectivity index (χ3v) is 7.66. The molecule has 5 heteroatoms. The molecule has 0 N–H and O–H groups in total. The van der Waals surface area contributed by atoms with Crippen LogP contribution in [0, 0.1) is 5.92 Å². The Hall–Kier alpha value is -2.95. The zero-order valence-electron chi connectivity index (χ0n) is 19.9. The molecule has 0 spiro atoms. The number of hydrogen-bond acceptors (Lipinski definition) is 4. The van der Waals surface area contributed by atoms with E-state index < -0.39 is 0 Å². The van der Waals surface area contributed by atoms with Crippen LogP contribution in [0.2, 0.25) is 5.02 Å². The Kier molecular flexibility index (Phi) is 6.41. The second kappa shape index (κ2) is 9.96. The van der Waals surface area contributed by atoms with Crippen LogP contribution in [0.5, 0.6) is 6.01 Å². The summed E-state index contributed by atoms with van der Waals surface area (Å²) < 4.78 is 6.13. The van der Waals surface area contributed by atoms with E-state index in [4.69, 9.17) is 21.3 Å². The smallest absolute Gasteiger partial charge is 0.317 e. The molecule has 0 bridgehead atoms. The van der Waals surface area contributed by atoms with Gasteiger partial charge in [-0.15, -0.1) is 0 Å². The number of hydrogen-bond donors (Lipinski definition) is 0. The maximum Gasteiger partial charge on any atom is 0.317 e. The third kappa shape index (κ3) is 5.05. The Morgan fingerprint density at radius 3 is 2.49 bits per heavy atom. The highest BCUT2D eigenvalue weighted by molar-refractivity contribution is 6.30. The highest BCUT2D eigenvalue weighted by Gasteiger charge is 2.31. The lowest BCUT2D eigenvalue weighted by atomic mass is 9.72. The fourth-order valence-electron chi connectivity index (χ4n) is 5.41. The molecule has 4 aromatic rings. The molecule has 1 aliphatic carbocycles. The molecule has 35 heavy (non-hydrogen) atoms. The molecule has 1 saturated heterocycles. The van der Waals surface area contributed by atoms with Crippen LogP contribution in [-0.2, 0) is 6.54 Å². The molecule has 1 aromatic heterocycles. The van der Waals surface area contributed by atoms with Gasteiger partial charge < -0.3 is 4.74 Å². The molecule has 0 atom stereocenters. The number of fused-ring (bicyclic) bond motifs is 1. The predicted molar refractivity (Wildman–Crippen MR) is 142 cm³/mol. The lowest BCUT2D eigenvalue weighted by molar-refractivity contribution is 0.150. The molecule has 4 nitrogen and oxygen atoms in total. The summed E-state index contributed by atoms with van der Waals surface area (Å²) in [5.74, 6) is 1.16. The maximum atomic E-state index is 6.25. The summed E-state index contributed by atoms with van der Waals surface area (Å²) in [6, 6.07) is 25.6. The largest absolute Gasteiger partial charge is 0.463 e. The van der Waals surface area contributed by atoms with Crippen molar-refractivity contribution in [3.63, 3.8) is 0 Å². The summed E-state index contributed by atoms with van der Waals surface area (Å²) in [5.41, 5.74) is 5.59. The van der Waals surface area contributed by atoms with Gasteiger partial charge in [-0.3, -0.25) is 4.90 Å². The van der Waals surface area contributed by atoms with Gasteiger partial charge in [-0.05, 0) is 79.9 Å². The Bertz CT molecular complexity index is 1310. The lowest BCUT2D eigenvalue weighted by Crippen LogP contribution is -2.27. The minimum atomic E-state index is 0.438. The first-order chi connectivity index (χ1) is 17.2. The summed E-state index contributed by atoms with van der Waals surface area (Å²) in [6.45, 7) is 4.22. The van der Waals surface area contributed by atoms with E-state index in [9.17, 15) is 0 Å². The van der Waals surface area contributed by atoms with Gasteiger partial charge in [-0.2, -0.15) is 9.97 Å². The summed E-state index contributed by atoms with van der Waals surface area (Å²) in [4.78, 5) is 12.0. The molecular formula is C30H30ClN3O. The van der Waals surface area contributed by atoms with Crippen LogP contribution in [0.3, 0.4) is 0 Å². The molecule has 0 radical (unpaired) electrons. The lowest BCUT2D eigenvalue weighted by Gasteiger charge is -2.35. The Morgan fingerprint density at radius 1 is 0.886 bits per heavy atom. The molecule has 6 rings (SSSR count). The van der Waals surface area contributed by atoms with Crippen LogP contribution >= 0.6 is 11.6 Å². The fraction of sp³-hybridized carbons (Fsp3) is 0.333. The monoisotopic (exact) mass is 483 g/mol. The van der Waals surface area contributed by atoms with Crippen LogP contribution in [0.1, 0.15) is 42.7 Å². The number of likely N-dealkylation sites (tertiary alicyclic amines) is 1. The second-order valence-electron chi connectivity index (χ2n) is 9.95. The average molecular weight is 484 g/mol. The highest BCUT2D eigenvalue weighted by Crippen LogP contribution is 2.42. The highest BCUT2D eigenvalue weighted by atomic mass is 35.5. The number of nitrogens with zero attached hydrogens (tertiary/aromatic N) is 3. The number of rotatable bonds is 7. The van der Waals surface area contributed by atoms with E-state index >= 15 is 0 Å². The normalized spacial score (nSPS) is 20.1. The molecule has 178 valence electrons. The minimum Gasteiger partial charge on any atom is -0.463 e. The van der Waals surface area contributed by atoms with E-state index in [1.54, 1.807) is 0 Å². The van der Waals surface area contributed by atoms with Crippen molar-refractivity contribution >= 4 is 22.5 Å². The minimum absolute atomic E-state index is 0.438. The summed E-state index contributed by atoms with van der Waals surface area (Å²) in [6.07, 6.45) is 4.99. The van der Waals surface area contributed by atoms with E-state index in [1.807, 2.05) is 48.5 Å². The second-order valence-corrected chi connectivity index (χ2v) is 10.4. The zero-order chi connectivity index (χ0) is 23.6. The molecule has 2 fully saturated rings. The number of ether oxygens (including phenoxy) is 1. The molecule has 0 amide bonds. The maximum absolute atomic E-state index is 6.25. The Labute approximate surface area is 211 Å². The van der Waals surface area contributed by atoms with E-state index in [1.165, 1.54) is 37.1 Å². The molecule has 0 unspecified atom stereocenters. The van der Waals surface area contributed by atoms with Crippen molar-refractivity contribution in [2.24, 2.45) is 5.92 Å². The van der Waals surface area contributed by atoms with E-state index in [0.717, 1.165) is 41.5 Å². The number of halogens is 1. The Balaban J connectivity index is 1.09. The van der Waals surface area contributed by atoms with Crippen LogP contribution in [0.4, 0.5) is 0 Å². The topological polar surface area (TPSA) is 38.2 Å². The summed E-state index contributed by atoms with van der Waals surface area (Å²) >= 11 is 6.25. The van der Waals surface area contributed by atoms with Gasteiger partial charge in [0, 0.05) is 22.5 Å². The number of aromatic nitrogens is 2. The molecule has 2 heterocycles. The average Bonchev–Trinajstić information content (AvgIpc) is 3.36. The molecule has 1 saturated carbocycles. The van der Waals surface area contributed by atoms with Crippen molar-refractivity contribution < 1.29 is 4.74 Å². The number of benzene rings is 3. The van der Waals surface area contributed by atoms with Crippen LogP contribution < -0.4 is 4.74 Å². The van der Waals surface area contributed by atoms with Crippen LogP contribution in [-0.4, -0.2) is 34.6 Å². The van der Waals surface area contributed by atoms with Gasteiger partial charge >= 0.3 is 6.01 Å². The van der Waals surface area contributed by atoms with E-state index in [-0.39, 0.29) is 0 Å². The van der Waals surface area contributed by atoms with Gasteiger partial charge in [-0.1, -0.05) is 66.2 Å². The number of para-hydroxylation sites is 1. The van der Waals surface area contributed by atoms with Crippen molar-refractivity contribution in [3.05, 3.63) is 88.9 Å². The standard InChI is InChI=1S/C30H30ClN3O/c31-26-7-5-6-24(18-26)29-27-8-1-2-9-28(27)32-30(33-29)35-20-22-16-25(17-22)23-12-10-21(11-13-23)19-34-14-3-4-15-34/h1-2,5-13,18,22,25H,3-4,14-17,19-20H2. The van der Waals surface area contributed by atoms with Gasteiger partial charge in [0.1, 0.15) is 0 Å². The van der Waals surface area contributed by atoms with Gasteiger partial charge in [0.2, 0.25) is 0 Å². The van der Waals surface area contributed by atoms with Gasteiger partial charge in [0.15, 0.2) is 0 Å². The Morgan fingerprint density at radius 2 is 1.69 bits per heavy atom. The van der Waals surface area contributed by atoms with Crippen molar-refractivity contribution in [1.29, 1.82) is 0 Å². The quantitative estimate of drug-likeness (QED) is 0.280. The van der Waals surface area contributed by atoms with Crippen molar-refractivity contribution in [2.45, 2.75) is 38.1 Å². The van der Waals surface area contributed by atoms with Crippen LogP contribution in [0.15, 0.2) is 72.8 Å². The van der Waals surface area contributed by atoms with Crippen LogP contribution in [0.25, 0.3) is 22.2 Å². The van der Waals surface area contributed by atoms with Crippen molar-refractivity contribution in [2.75, 3.05) is 19.7 Å². The SMILES string of the molecule is Clc1cccc(-c2nc(OCC3CC(c4ccc(CN5CCCC5)cc4)C3)nc3ccccc23)c1. The molecule has 1 aliphatic heterocycles. The summed E-state index contributed by atoms with van der Waals surface area (Å²) in [7, 11) is 0. The fourth-order valence-corrected chi connectivity index (χ4v) is 5.60.